The van der Waals surface area contributed by atoms with E-state index in [2.05, 4.69) is 32.6 Å². The average molecular weight is 348 g/mol. The number of carbonyl (C=O) groups excluding carboxylic acids is 1. The van der Waals surface area contributed by atoms with Crippen LogP contribution in [0.2, 0.25) is 0 Å². The van der Waals surface area contributed by atoms with Crippen molar-refractivity contribution in [3.8, 4) is 0 Å². The maximum Gasteiger partial charge on any atom is 0.339 e. The monoisotopic (exact) mass is 348 g/mol. The first-order chi connectivity index (χ1) is 8.08. The van der Waals surface area contributed by atoms with Gasteiger partial charge in [0.05, 0.1) is 22.9 Å². The summed E-state index contributed by atoms with van der Waals surface area (Å²) in [4.78, 5) is 19.7. The third-order valence-electron chi connectivity index (χ3n) is 1.89. The molecule has 0 radical (unpaired) electrons. The molecule has 0 saturated carbocycles. The Hall–Kier alpha value is -1.18. The Bertz CT molecular complexity index is 446. The SMILES string of the molecule is CCOC(=O)c1cnc(/N=C(/C)OC)c(I)c1. The Morgan fingerprint density at radius 3 is 2.82 bits per heavy atom. The van der Waals surface area contributed by atoms with E-state index in [1.807, 2.05) is 0 Å². The lowest BCUT2D eigenvalue weighted by Crippen LogP contribution is -2.05. The summed E-state index contributed by atoms with van der Waals surface area (Å²) in [6.07, 6.45) is 1.45. The highest BCUT2D eigenvalue weighted by Crippen LogP contribution is 2.20. The molecule has 1 aromatic heterocycles. The fourth-order valence-corrected chi connectivity index (χ4v) is 1.63. The Morgan fingerprint density at radius 1 is 1.59 bits per heavy atom. The van der Waals surface area contributed by atoms with Crippen molar-refractivity contribution in [1.82, 2.24) is 4.98 Å². The van der Waals surface area contributed by atoms with Gasteiger partial charge in [0.15, 0.2) is 11.7 Å². The molecule has 0 aliphatic carbocycles. The highest BCUT2D eigenvalue weighted by Gasteiger charge is 2.10. The van der Waals surface area contributed by atoms with Gasteiger partial charge >= 0.3 is 5.97 Å². The summed E-state index contributed by atoms with van der Waals surface area (Å²) in [5, 5.41) is 0. The summed E-state index contributed by atoms with van der Waals surface area (Å²) in [5.74, 6) is 0.661. The van der Waals surface area contributed by atoms with Gasteiger partial charge in [0.25, 0.3) is 0 Å². The van der Waals surface area contributed by atoms with Gasteiger partial charge in [-0.25, -0.2) is 9.78 Å². The summed E-state index contributed by atoms with van der Waals surface area (Å²) >= 11 is 2.06. The van der Waals surface area contributed by atoms with E-state index in [-0.39, 0.29) is 5.97 Å². The third kappa shape index (κ3) is 3.95. The number of carbonyl (C=O) groups is 1. The van der Waals surface area contributed by atoms with E-state index in [4.69, 9.17) is 9.47 Å². The van der Waals surface area contributed by atoms with Gasteiger partial charge in [-0.1, -0.05) is 0 Å². The molecule has 92 valence electrons. The number of nitrogens with zero attached hydrogens (tertiary/aromatic N) is 2. The van der Waals surface area contributed by atoms with Crippen molar-refractivity contribution in [1.29, 1.82) is 0 Å². The van der Waals surface area contributed by atoms with Crippen LogP contribution in [0.4, 0.5) is 5.82 Å². The van der Waals surface area contributed by atoms with Gasteiger partial charge in [-0.15, -0.1) is 0 Å². The molecule has 0 spiro atoms. The maximum absolute atomic E-state index is 11.5. The molecule has 1 aromatic rings. The van der Waals surface area contributed by atoms with Crippen LogP contribution in [0.25, 0.3) is 0 Å². The van der Waals surface area contributed by atoms with Crippen molar-refractivity contribution in [2.45, 2.75) is 13.8 Å². The van der Waals surface area contributed by atoms with Crippen LogP contribution in [0, 0.1) is 3.57 Å². The minimum Gasteiger partial charge on any atom is -0.484 e. The van der Waals surface area contributed by atoms with Crippen molar-refractivity contribution < 1.29 is 14.3 Å². The summed E-state index contributed by atoms with van der Waals surface area (Å²) in [7, 11) is 1.54. The fourth-order valence-electron chi connectivity index (χ4n) is 1.03. The molecule has 0 bridgehead atoms. The standard InChI is InChI=1S/C11H13IN2O3/c1-4-17-11(15)8-5-9(12)10(13-6-8)14-7(2)16-3/h5-6H,4H2,1-3H3/b14-7-. The number of halogens is 1. The molecular formula is C11H13IN2O3. The largest absolute Gasteiger partial charge is 0.484 e. The molecule has 0 saturated heterocycles. The second-order valence-electron chi connectivity index (χ2n) is 3.08. The number of ether oxygens (including phenoxy) is 2. The van der Waals surface area contributed by atoms with Gasteiger partial charge in [-0.3, -0.25) is 0 Å². The van der Waals surface area contributed by atoms with Gasteiger partial charge in [-0.05, 0) is 35.6 Å². The highest BCUT2D eigenvalue weighted by molar-refractivity contribution is 14.1. The first-order valence-corrected chi connectivity index (χ1v) is 6.08. The van der Waals surface area contributed by atoms with E-state index in [0.717, 1.165) is 3.57 Å². The second kappa shape index (κ2) is 6.53. The first kappa shape index (κ1) is 13.9. The van der Waals surface area contributed by atoms with E-state index in [0.29, 0.717) is 23.9 Å². The Morgan fingerprint density at radius 2 is 2.29 bits per heavy atom. The van der Waals surface area contributed by atoms with Gasteiger partial charge < -0.3 is 9.47 Å². The van der Waals surface area contributed by atoms with Crippen molar-refractivity contribution in [3.05, 3.63) is 21.4 Å². The molecule has 0 atom stereocenters. The lowest BCUT2D eigenvalue weighted by molar-refractivity contribution is 0.0526. The Balaban J connectivity index is 2.98. The zero-order valence-electron chi connectivity index (χ0n) is 9.86. The first-order valence-electron chi connectivity index (χ1n) is 5.00. The van der Waals surface area contributed by atoms with E-state index in [1.54, 1.807) is 27.0 Å². The average Bonchev–Trinajstić information content (AvgIpc) is 2.31. The lowest BCUT2D eigenvalue weighted by Gasteiger charge is -2.04. The Kier molecular flexibility index (Phi) is 5.33. The molecule has 0 unspecified atom stereocenters. The molecule has 1 rings (SSSR count). The van der Waals surface area contributed by atoms with Crippen molar-refractivity contribution in [3.63, 3.8) is 0 Å². The molecule has 0 aliphatic heterocycles. The molecule has 5 nitrogen and oxygen atoms in total. The maximum atomic E-state index is 11.5. The van der Waals surface area contributed by atoms with E-state index in [1.165, 1.54) is 6.20 Å². The van der Waals surface area contributed by atoms with Crippen molar-refractivity contribution >= 4 is 40.3 Å². The predicted molar refractivity (Wildman–Crippen MR) is 72.7 cm³/mol. The summed E-state index contributed by atoms with van der Waals surface area (Å²) in [6, 6.07) is 1.69. The highest BCUT2D eigenvalue weighted by atomic mass is 127. The number of methoxy groups -OCH3 is 1. The van der Waals surface area contributed by atoms with E-state index >= 15 is 0 Å². The smallest absolute Gasteiger partial charge is 0.339 e. The van der Waals surface area contributed by atoms with Crippen LogP contribution in [0.15, 0.2) is 17.3 Å². The van der Waals surface area contributed by atoms with Crippen LogP contribution < -0.4 is 0 Å². The number of hydrogen-bond acceptors (Lipinski definition) is 5. The van der Waals surface area contributed by atoms with Gasteiger partial charge in [0.1, 0.15) is 0 Å². The molecule has 0 aliphatic rings. The number of esters is 1. The molecule has 0 amide bonds. The van der Waals surface area contributed by atoms with Crippen LogP contribution in [-0.4, -0.2) is 30.6 Å². The van der Waals surface area contributed by atoms with E-state index in [9.17, 15) is 4.79 Å². The topological polar surface area (TPSA) is 60.8 Å². The molecule has 0 N–H and O–H groups in total. The molecule has 0 aromatic carbocycles. The van der Waals surface area contributed by atoms with Crippen molar-refractivity contribution in [2.24, 2.45) is 4.99 Å². The number of hydrogen-bond donors (Lipinski definition) is 0. The predicted octanol–water partition coefficient (Wildman–Crippen LogP) is 2.56. The number of pyridine rings is 1. The van der Waals surface area contributed by atoms with Gasteiger partial charge in [0.2, 0.25) is 0 Å². The molecule has 17 heavy (non-hydrogen) atoms. The number of aliphatic imine (C=N–C) groups is 1. The van der Waals surface area contributed by atoms with Gasteiger partial charge in [-0.2, -0.15) is 4.99 Å². The molecule has 0 fully saturated rings. The summed E-state index contributed by atoms with van der Waals surface area (Å²) < 4.78 is 10.6. The second-order valence-corrected chi connectivity index (χ2v) is 4.25. The minimum absolute atomic E-state index is 0.345. The number of aromatic nitrogens is 1. The van der Waals surface area contributed by atoms with E-state index < -0.39 is 0 Å². The zero-order chi connectivity index (χ0) is 12.8. The zero-order valence-corrected chi connectivity index (χ0v) is 12.0. The third-order valence-corrected chi connectivity index (χ3v) is 2.69. The normalized spacial score (nSPS) is 11.2. The fraction of sp³-hybridized carbons (Fsp3) is 0.364. The van der Waals surface area contributed by atoms with Crippen LogP contribution in [-0.2, 0) is 9.47 Å². The van der Waals surface area contributed by atoms with Crippen LogP contribution >= 0.6 is 22.6 Å². The Labute approximate surface area is 113 Å². The number of rotatable bonds is 3. The van der Waals surface area contributed by atoms with Crippen LogP contribution in [0.1, 0.15) is 24.2 Å². The molecular weight excluding hydrogens is 335 g/mol. The minimum atomic E-state index is -0.378. The lowest BCUT2D eigenvalue weighted by atomic mass is 10.3. The molecule has 6 heteroatoms. The molecule has 1 heterocycles. The van der Waals surface area contributed by atoms with Gasteiger partial charge in [0, 0.05) is 13.1 Å². The summed E-state index contributed by atoms with van der Waals surface area (Å²) in [5.41, 5.74) is 0.422. The quantitative estimate of drug-likeness (QED) is 0.365. The van der Waals surface area contributed by atoms with Crippen molar-refractivity contribution in [2.75, 3.05) is 13.7 Å². The van der Waals surface area contributed by atoms with Crippen LogP contribution in [0.3, 0.4) is 0 Å². The van der Waals surface area contributed by atoms with Crippen LogP contribution in [0.5, 0.6) is 0 Å². The summed E-state index contributed by atoms with van der Waals surface area (Å²) in [6.45, 7) is 3.84.